The van der Waals surface area contributed by atoms with Crippen molar-refractivity contribution >= 4 is 16.9 Å². The van der Waals surface area contributed by atoms with Gasteiger partial charge in [-0.1, -0.05) is 44.7 Å². The minimum atomic E-state index is 0.183. The van der Waals surface area contributed by atoms with E-state index in [0.717, 1.165) is 25.2 Å². The normalized spacial score (nSPS) is 19.3. The Morgan fingerprint density at radius 1 is 1.30 bits per heavy atom. The molecular formula is C19H30N2OS. The number of hydrogen-bond donors (Lipinski definition) is 1. The molecule has 1 atom stereocenters. The molecule has 0 bridgehead atoms. The summed E-state index contributed by atoms with van der Waals surface area (Å²) in [6.07, 6.45) is 2.52. The Hall–Kier alpha value is -1.00. The molecule has 2 N–H and O–H groups in total. The van der Waals surface area contributed by atoms with Gasteiger partial charge >= 0.3 is 0 Å². The number of aliphatic imine (C=N–C) groups is 1. The van der Waals surface area contributed by atoms with Crippen molar-refractivity contribution in [2.24, 2.45) is 10.7 Å². The van der Waals surface area contributed by atoms with Gasteiger partial charge < -0.3 is 10.5 Å². The molecule has 1 aromatic carbocycles. The van der Waals surface area contributed by atoms with Crippen LogP contribution in [-0.4, -0.2) is 24.4 Å². The number of hydrogen-bond acceptors (Lipinski definition) is 3. The minimum Gasteiger partial charge on any atom is -0.379 e. The van der Waals surface area contributed by atoms with Gasteiger partial charge in [-0.2, -0.15) is 0 Å². The molecule has 0 unspecified atom stereocenters. The van der Waals surface area contributed by atoms with Gasteiger partial charge in [0.15, 0.2) is 5.17 Å². The lowest BCUT2D eigenvalue weighted by atomic mass is 9.84. The second-order valence-corrected chi connectivity index (χ2v) is 8.44. The highest BCUT2D eigenvalue weighted by molar-refractivity contribution is 8.13. The van der Waals surface area contributed by atoms with Crippen LogP contribution in [0, 0.1) is 13.8 Å². The number of amidine groups is 1. The van der Waals surface area contributed by atoms with Gasteiger partial charge in [0.25, 0.3) is 0 Å². The van der Waals surface area contributed by atoms with E-state index in [9.17, 15) is 0 Å². The molecule has 0 aromatic heterocycles. The predicted octanol–water partition coefficient (Wildman–Crippen LogP) is 4.33. The molecule has 4 heteroatoms. The van der Waals surface area contributed by atoms with E-state index in [-0.39, 0.29) is 11.5 Å². The van der Waals surface area contributed by atoms with E-state index in [0.29, 0.717) is 11.7 Å². The van der Waals surface area contributed by atoms with Crippen LogP contribution in [-0.2, 0) is 15.9 Å². The monoisotopic (exact) mass is 334 g/mol. The quantitative estimate of drug-likeness (QED) is 0.658. The van der Waals surface area contributed by atoms with Crippen LogP contribution in [0.15, 0.2) is 17.1 Å². The third-order valence-corrected chi connectivity index (χ3v) is 5.26. The lowest BCUT2D eigenvalue weighted by molar-refractivity contribution is 0.118. The summed E-state index contributed by atoms with van der Waals surface area (Å²) in [7, 11) is 0. The maximum atomic E-state index is 6.06. The van der Waals surface area contributed by atoms with Gasteiger partial charge in [-0.05, 0) is 54.4 Å². The average Bonchev–Trinajstić information content (AvgIpc) is 2.96. The van der Waals surface area contributed by atoms with Gasteiger partial charge in [-0.25, -0.2) is 0 Å². The van der Waals surface area contributed by atoms with Crippen molar-refractivity contribution in [3.8, 4) is 0 Å². The number of aryl methyl sites for hydroxylation is 2. The van der Waals surface area contributed by atoms with Gasteiger partial charge in [0, 0.05) is 12.4 Å². The summed E-state index contributed by atoms with van der Waals surface area (Å²) < 4.78 is 5.58. The van der Waals surface area contributed by atoms with Crippen molar-refractivity contribution in [1.82, 2.24) is 0 Å². The first-order chi connectivity index (χ1) is 10.8. The molecule has 1 aliphatic rings. The highest BCUT2D eigenvalue weighted by atomic mass is 32.2. The maximum absolute atomic E-state index is 6.06. The molecule has 0 spiro atoms. The van der Waals surface area contributed by atoms with E-state index < -0.39 is 0 Å². The van der Waals surface area contributed by atoms with Crippen molar-refractivity contribution in [2.45, 2.75) is 64.7 Å². The first-order valence-electron chi connectivity index (χ1n) is 8.42. The fourth-order valence-corrected chi connectivity index (χ4v) is 3.74. The van der Waals surface area contributed by atoms with E-state index in [2.05, 4.69) is 51.7 Å². The van der Waals surface area contributed by atoms with Crippen molar-refractivity contribution < 1.29 is 4.74 Å². The standard InChI is InChI=1S/C19H30N2OS/c1-13-9-15(19(3,4)5)10-14(2)17(13)12-23-18(20)21-11-16-7-6-8-22-16/h9-10,16H,6-8,11-12H2,1-5H3,(H2,20,21)/t16-/m1/s1. The first kappa shape index (κ1) is 18.3. The van der Waals surface area contributed by atoms with Crippen molar-refractivity contribution in [3.63, 3.8) is 0 Å². The first-order valence-corrected chi connectivity index (χ1v) is 9.41. The molecule has 0 amide bonds. The summed E-state index contributed by atoms with van der Waals surface area (Å²) in [5.41, 5.74) is 11.7. The Balaban J connectivity index is 1.98. The van der Waals surface area contributed by atoms with E-state index in [1.54, 1.807) is 11.8 Å². The molecule has 2 rings (SSSR count). The number of nitrogens with two attached hydrogens (primary N) is 1. The SMILES string of the molecule is Cc1cc(C(C)(C)C)cc(C)c1CSC(N)=NC[C@H]1CCCO1. The predicted molar refractivity (Wildman–Crippen MR) is 101 cm³/mol. The topological polar surface area (TPSA) is 47.6 Å². The molecule has 0 aliphatic carbocycles. The minimum absolute atomic E-state index is 0.183. The zero-order valence-corrected chi connectivity index (χ0v) is 15.9. The second kappa shape index (κ2) is 7.71. The summed E-state index contributed by atoms with van der Waals surface area (Å²) in [5.74, 6) is 0.878. The molecule has 1 fully saturated rings. The lowest BCUT2D eigenvalue weighted by Gasteiger charge is -2.22. The van der Waals surface area contributed by atoms with E-state index in [1.807, 2.05) is 0 Å². The van der Waals surface area contributed by atoms with Gasteiger partial charge in [0.05, 0.1) is 12.6 Å². The summed E-state index contributed by atoms with van der Waals surface area (Å²) in [6.45, 7) is 12.7. The number of ether oxygens (including phenoxy) is 1. The summed E-state index contributed by atoms with van der Waals surface area (Å²) >= 11 is 1.63. The molecule has 1 aliphatic heterocycles. The van der Waals surface area contributed by atoms with Crippen LogP contribution >= 0.6 is 11.8 Å². The molecule has 23 heavy (non-hydrogen) atoms. The maximum Gasteiger partial charge on any atom is 0.154 e. The highest BCUT2D eigenvalue weighted by Crippen LogP contribution is 2.28. The van der Waals surface area contributed by atoms with Crippen LogP contribution < -0.4 is 5.73 Å². The number of thioether (sulfide) groups is 1. The molecular weight excluding hydrogens is 304 g/mol. The number of benzene rings is 1. The molecule has 128 valence electrons. The van der Waals surface area contributed by atoms with E-state index in [4.69, 9.17) is 10.5 Å². The van der Waals surface area contributed by atoms with E-state index >= 15 is 0 Å². The summed E-state index contributed by atoms with van der Waals surface area (Å²) in [6, 6.07) is 4.62. The molecule has 1 heterocycles. The molecule has 1 aromatic rings. The molecule has 3 nitrogen and oxygen atoms in total. The Labute approximate surface area is 145 Å². The van der Waals surface area contributed by atoms with Gasteiger partial charge in [0.2, 0.25) is 0 Å². The zero-order chi connectivity index (χ0) is 17.0. The Morgan fingerprint density at radius 2 is 1.96 bits per heavy atom. The Bertz CT molecular complexity index is 546. The third kappa shape index (κ3) is 5.25. The van der Waals surface area contributed by atoms with Crippen LogP contribution in [0.25, 0.3) is 0 Å². The van der Waals surface area contributed by atoms with Gasteiger partial charge in [0.1, 0.15) is 0 Å². The fourth-order valence-electron chi connectivity index (χ4n) is 2.83. The Kier molecular flexibility index (Phi) is 6.15. The lowest BCUT2D eigenvalue weighted by Crippen LogP contribution is -2.15. The van der Waals surface area contributed by atoms with Crippen LogP contribution in [0.3, 0.4) is 0 Å². The highest BCUT2D eigenvalue weighted by Gasteiger charge is 2.17. The number of rotatable bonds is 4. The fraction of sp³-hybridized carbons (Fsp3) is 0.632. The molecule has 1 saturated heterocycles. The van der Waals surface area contributed by atoms with Crippen LogP contribution in [0.2, 0.25) is 0 Å². The van der Waals surface area contributed by atoms with Crippen LogP contribution in [0.4, 0.5) is 0 Å². The molecule has 0 saturated carbocycles. The number of nitrogens with zero attached hydrogens (tertiary/aromatic N) is 1. The third-order valence-electron chi connectivity index (χ3n) is 4.40. The smallest absolute Gasteiger partial charge is 0.154 e. The summed E-state index contributed by atoms with van der Waals surface area (Å²) in [5, 5.41) is 0.666. The average molecular weight is 335 g/mol. The van der Waals surface area contributed by atoms with Gasteiger partial charge in [-0.3, -0.25) is 4.99 Å². The molecule has 0 radical (unpaired) electrons. The summed E-state index contributed by atoms with van der Waals surface area (Å²) in [4.78, 5) is 4.47. The Morgan fingerprint density at radius 3 is 2.48 bits per heavy atom. The largest absolute Gasteiger partial charge is 0.379 e. The van der Waals surface area contributed by atoms with Gasteiger partial charge in [-0.15, -0.1) is 0 Å². The second-order valence-electron chi connectivity index (χ2n) is 7.44. The van der Waals surface area contributed by atoms with Crippen molar-refractivity contribution in [1.29, 1.82) is 0 Å². The van der Waals surface area contributed by atoms with Crippen LogP contribution in [0.5, 0.6) is 0 Å². The van der Waals surface area contributed by atoms with Crippen molar-refractivity contribution in [2.75, 3.05) is 13.2 Å². The van der Waals surface area contributed by atoms with Crippen LogP contribution in [0.1, 0.15) is 55.9 Å². The zero-order valence-electron chi connectivity index (χ0n) is 15.1. The van der Waals surface area contributed by atoms with Crippen molar-refractivity contribution in [3.05, 3.63) is 34.4 Å². The van der Waals surface area contributed by atoms with E-state index in [1.165, 1.54) is 22.3 Å².